The topological polar surface area (TPSA) is 120 Å². The molecule has 28 heavy (non-hydrogen) atoms. The molecule has 0 aromatic heterocycles. The van der Waals surface area contributed by atoms with Crippen molar-refractivity contribution in [2.75, 3.05) is 33.0 Å². The van der Waals surface area contributed by atoms with Crippen molar-refractivity contribution < 1.29 is 35.0 Å². The summed E-state index contributed by atoms with van der Waals surface area (Å²) in [6, 6.07) is 8.47. The van der Waals surface area contributed by atoms with Gasteiger partial charge in [0.05, 0.1) is 26.4 Å². The van der Waals surface area contributed by atoms with Crippen LogP contribution in [-0.4, -0.2) is 64.7 Å². The molecule has 0 aliphatic heterocycles. The lowest BCUT2D eigenvalue weighted by atomic mass is 9.90. The molecule has 7 nitrogen and oxygen atoms in total. The van der Waals surface area contributed by atoms with Gasteiger partial charge in [-0.05, 0) is 41.7 Å². The Hall–Kier alpha value is -2.32. The Labute approximate surface area is 164 Å². The third-order valence-electron chi connectivity index (χ3n) is 4.36. The average molecular weight is 392 g/mol. The van der Waals surface area contributed by atoms with Crippen molar-refractivity contribution in [2.24, 2.45) is 0 Å². The monoisotopic (exact) mass is 392 g/mol. The minimum absolute atomic E-state index is 0.00255. The van der Waals surface area contributed by atoms with Crippen LogP contribution in [0.4, 0.5) is 0 Å². The van der Waals surface area contributed by atoms with Crippen molar-refractivity contribution in [3.8, 4) is 28.4 Å². The third kappa shape index (κ3) is 5.59. The Morgan fingerprint density at radius 3 is 2.46 bits per heavy atom. The zero-order chi connectivity index (χ0) is 20.5. The number of aliphatic hydroxyl groups excluding tert-OH is 3. The maximum atomic E-state index is 10.5. The molecule has 0 amide bonds. The molecule has 2 rings (SSSR count). The number of hydrogen-bond donors (Lipinski definition) is 5. The number of aromatic hydroxyl groups is 2. The van der Waals surface area contributed by atoms with Gasteiger partial charge in [-0.2, -0.15) is 0 Å². The average Bonchev–Trinajstić information content (AvgIpc) is 2.69. The Bertz CT molecular complexity index is 761. The number of hydrogen-bond acceptors (Lipinski definition) is 7. The Morgan fingerprint density at radius 2 is 1.79 bits per heavy atom. The van der Waals surface area contributed by atoms with E-state index in [1.54, 1.807) is 18.2 Å². The quantitative estimate of drug-likeness (QED) is 0.369. The van der Waals surface area contributed by atoms with E-state index in [2.05, 4.69) is 0 Å². The normalized spacial score (nSPS) is 12.1. The molecule has 7 heteroatoms. The first-order chi connectivity index (χ1) is 13.5. The minimum Gasteiger partial charge on any atom is -0.508 e. The van der Waals surface area contributed by atoms with Gasteiger partial charge in [0, 0.05) is 11.6 Å². The summed E-state index contributed by atoms with van der Waals surface area (Å²) in [4.78, 5) is 0. The molecule has 0 bridgehead atoms. The summed E-state index contributed by atoms with van der Waals surface area (Å²) in [6.07, 6.45) is 0.0254. The van der Waals surface area contributed by atoms with E-state index in [1.165, 1.54) is 6.07 Å². The third-order valence-corrected chi connectivity index (χ3v) is 4.36. The molecule has 0 aliphatic rings. The van der Waals surface area contributed by atoms with Gasteiger partial charge in [-0.25, -0.2) is 0 Å². The fraction of sp³-hybridized carbons (Fsp3) is 0.429. The fourth-order valence-corrected chi connectivity index (χ4v) is 3.09. The van der Waals surface area contributed by atoms with E-state index in [9.17, 15) is 15.3 Å². The Kier molecular flexibility index (Phi) is 8.53. The number of phenols is 2. The molecule has 1 unspecified atom stereocenters. The smallest absolute Gasteiger partial charge is 0.127 e. The molecule has 0 fully saturated rings. The van der Waals surface area contributed by atoms with Crippen LogP contribution in [0.25, 0.3) is 11.1 Å². The molecule has 0 aliphatic carbocycles. The molecule has 0 heterocycles. The van der Waals surface area contributed by atoms with Crippen molar-refractivity contribution in [3.05, 3.63) is 41.5 Å². The number of phenolic OH excluding ortho intramolecular Hbond substituents is 2. The number of aliphatic hydroxyl groups is 3. The predicted octanol–water partition coefficient (Wildman–Crippen LogP) is 1.61. The number of rotatable bonds is 11. The highest BCUT2D eigenvalue weighted by Gasteiger charge is 2.19. The molecule has 0 saturated heterocycles. The van der Waals surface area contributed by atoms with Gasteiger partial charge in [-0.3, -0.25) is 0 Å². The lowest BCUT2D eigenvalue weighted by Gasteiger charge is -2.18. The van der Waals surface area contributed by atoms with Crippen LogP contribution in [0.5, 0.6) is 17.2 Å². The van der Waals surface area contributed by atoms with E-state index in [-0.39, 0.29) is 44.5 Å². The summed E-state index contributed by atoms with van der Waals surface area (Å²) in [5.74, 6) is 0.520. The second-order valence-corrected chi connectivity index (χ2v) is 6.36. The second kappa shape index (κ2) is 10.9. The van der Waals surface area contributed by atoms with Crippen LogP contribution in [0.2, 0.25) is 0 Å². The SMILES string of the molecule is CCc1c(O)cc(O)c(-c2cccc(OCCO)c2)c1CCOCC(O)CO. The molecule has 5 N–H and O–H groups in total. The highest BCUT2D eigenvalue weighted by atomic mass is 16.5. The standard InChI is InChI=1S/C21H28O7/c1-2-17-18(6-8-27-13-15(24)12-23)21(20(26)11-19(17)25)14-4-3-5-16(10-14)28-9-7-22/h3-5,10-11,15,22-26H,2,6-9,12-13H2,1H3. The summed E-state index contributed by atoms with van der Waals surface area (Å²) in [6.45, 7) is 1.86. The van der Waals surface area contributed by atoms with E-state index >= 15 is 0 Å². The van der Waals surface area contributed by atoms with E-state index in [4.69, 9.17) is 19.7 Å². The molecule has 154 valence electrons. The summed E-state index contributed by atoms with van der Waals surface area (Å²) < 4.78 is 10.9. The van der Waals surface area contributed by atoms with Crippen molar-refractivity contribution >= 4 is 0 Å². The lowest BCUT2D eigenvalue weighted by molar-refractivity contribution is 0.00720. The Morgan fingerprint density at radius 1 is 1.00 bits per heavy atom. The Balaban J connectivity index is 2.37. The largest absolute Gasteiger partial charge is 0.508 e. The van der Waals surface area contributed by atoms with Crippen LogP contribution in [0.1, 0.15) is 18.1 Å². The van der Waals surface area contributed by atoms with Crippen LogP contribution < -0.4 is 4.74 Å². The summed E-state index contributed by atoms with van der Waals surface area (Å²) in [5, 5.41) is 48.0. The first-order valence-electron chi connectivity index (χ1n) is 9.29. The van der Waals surface area contributed by atoms with Gasteiger partial charge in [0.1, 0.15) is 30.0 Å². The molecule has 0 radical (unpaired) electrons. The van der Waals surface area contributed by atoms with Crippen LogP contribution in [0.3, 0.4) is 0 Å². The van der Waals surface area contributed by atoms with E-state index in [1.807, 2.05) is 13.0 Å². The zero-order valence-electron chi connectivity index (χ0n) is 16.0. The van der Waals surface area contributed by atoms with Crippen molar-refractivity contribution in [1.82, 2.24) is 0 Å². The summed E-state index contributed by atoms with van der Waals surface area (Å²) in [7, 11) is 0. The second-order valence-electron chi connectivity index (χ2n) is 6.36. The lowest BCUT2D eigenvalue weighted by Crippen LogP contribution is -2.20. The highest BCUT2D eigenvalue weighted by molar-refractivity contribution is 5.77. The van der Waals surface area contributed by atoms with Gasteiger partial charge in [0.25, 0.3) is 0 Å². The fourth-order valence-electron chi connectivity index (χ4n) is 3.09. The van der Waals surface area contributed by atoms with Crippen molar-refractivity contribution in [2.45, 2.75) is 25.9 Å². The van der Waals surface area contributed by atoms with Crippen LogP contribution >= 0.6 is 0 Å². The van der Waals surface area contributed by atoms with Crippen LogP contribution in [0.15, 0.2) is 30.3 Å². The number of ether oxygens (including phenoxy) is 2. The van der Waals surface area contributed by atoms with Crippen molar-refractivity contribution in [1.29, 1.82) is 0 Å². The molecule has 0 spiro atoms. The molecular formula is C21H28O7. The molecule has 0 saturated carbocycles. The molecule has 1 atom stereocenters. The molecule has 2 aromatic rings. The van der Waals surface area contributed by atoms with E-state index in [0.29, 0.717) is 35.3 Å². The zero-order valence-corrected chi connectivity index (χ0v) is 16.0. The van der Waals surface area contributed by atoms with Gasteiger partial charge >= 0.3 is 0 Å². The molecular weight excluding hydrogens is 364 g/mol. The van der Waals surface area contributed by atoms with Gasteiger partial charge in [0.2, 0.25) is 0 Å². The van der Waals surface area contributed by atoms with Gasteiger partial charge in [0.15, 0.2) is 0 Å². The van der Waals surface area contributed by atoms with Gasteiger partial charge < -0.3 is 35.0 Å². The first-order valence-corrected chi connectivity index (χ1v) is 9.29. The van der Waals surface area contributed by atoms with Crippen LogP contribution in [-0.2, 0) is 17.6 Å². The van der Waals surface area contributed by atoms with Crippen LogP contribution in [0, 0.1) is 0 Å². The summed E-state index contributed by atoms with van der Waals surface area (Å²) in [5.41, 5.74) is 2.75. The summed E-state index contributed by atoms with van der Waals surface area (Å²) >= 11 is 0. The maximum absolute atomic E-state index is 10.5. The van der Waals surface area contributed by atoms with E-state index in [0.717, 1.165) is 5.56 Å². The van der Waals surface area contributed by atoms with Crippen molar-refractivity contribution in [3.63, 3.8) is 0 Å². The molecule has 2 aromatic carbocycles. The predicted molar refractivity (Wildman–Crippen MR) is 105 cm³/mol. The highest BCUT2D eigenvalue weighted by Crippen LogP contribution is 2.40. The minimum atomic E-state index is -0.942. The van der Waals surface area contributed by atoms with E-state index < -0.39 is 6.10 Å². The first kappa shape index (κ1) is 22.0. The van der Waals surface area contributed by atoms with Gasteiger partial charge in [-0.15, -0.1) is 0 Å². The maximum Gasteiger partial charge on any atom is 0.127 e. The number of benzene rings is 2. The van der Waals surface area contributed by atoms with Gasteiger partial charge in [-0.1, -0.05) is 19.1 Å².